The third-order valence-corrected chi connectivity index (χ3v) is 2.97. The summed E-state index contributed by atoms with van der Waals surface area (Å²) in [7, 11) is 3.48. The Morgan fingerprint density at radius 1 is 1.30 bits per heavy atom. The van der Waals surface area contributed by atoms with Gasteiger partial charge in [-0.15, -0.1) is 0 Å². The summed E-state index contributed by atoms with van der Waals surface area (Å²) in [5, 5.41) is 7.28. The van der Waals surface area contributed by atoms with Crippen LogP contribution in [-0.2, 0) is 20.2 Å². The molecule has 20 heavy (non-hydrogen) atoms. The van der Waals surface area contributed by atoms with Gasteiger partial charge < -0.3 is 14.8 Å². The van der Waals surface area contributed by atoms with Crippen LogP contribution >= 0.6 is 0 Å². The van der Waals surface area contributed by atoms with E-state index in [1.807, 2.05) is 25.2 Å². The molecule has 0 fully saturated rings. The number of hydrogen-bond donors (Lipinski definition) is 1. The lowest BCUT2D eigenvalue weighted by atomic mass is 10.2. The van der Waals surface area contributed by atoms with Crippen LogP contribution in [-0.4, -0.2) is 28.4 Å². The Kier molecular flexibility index (Phi) is 4.95. The zero-order valence-electron chi connectivity index (χ0n) is 12.1. The predicted octanol–water partition coefficient (Wildman–Crippen LogP) is 1.51. The number of hydrogen-bond acceptors (Lipinski definition) is 5. The van der Waals surface area contributed by atoms with E-state index in [9.17, 15) is 0 Å². The SMILES string of the molecule is CCNCc1ccc(OCc2ncnn2C)c(OC)c1. The Morgan fingerprint density at radius 2 is 2.15 bits per heavy atom. The molecule has 0 unspecified atom stereocenters. The van der Waals surface area contributed by atoms with E-state index in [-0.39, 0.29) is 0 Å². The topological polar surface area (TPSA) is 61.2 Å². The van der Waals surface area contributed by atoms with Gasteiger partial charge in [0.15, 0.2) is 17.3 Å². The van der Waals surface area contributed by atoms with E-state index >= 15 is 0 Å². The van der Waals surface area contributed by atoms with Crippen LogP contribution in [0.1, 0.15) is 18.3 Å². The van der Waals surface area contributed by atoms with Crippen LogP contribution in [0.25, 0.3) is 0 Å². The molecule has 0 radical (unpaired) electrons. The first kappa shape index (κ1) is 14.3. The highest BCUT2D eigenvalue weighted by molar-refractivity contribution is 5.42. The summed E-state index contributed by atoms with van der Waals surface area (Å²) in [5.74, 6) is 2.20. The molecule has 1 aromatic carbocycles. The standard InChI is InChI=1S/C14H20N4O2/c1-4-15-8-11-5-6-12(13(7-11)19-3)20-9-14-16-10-17-18(14)2/h5-7,10,15H,4,8-9H2,1-3H3. The van der Waals surface area contributed by atoms with Gasteiger partial charge in [-0.1, -0.05) is 13.0 Å². The van der Waals surface area contributed by atoms with Crippen molar-refractivity contribution >= 4 is 0 Å². The molecule has 2 aromatic rings. The number of nitrogens with zero attached hydrogens (tertiary/aromatic N) is 3. The minimum atomic E-state index is 0.361. The molecule has 108 valence electrons. The van der Waals surface area contributed by atoms with Crippen molar-refractivity contribution in [2.24, 2.45) is 7.05 Å². The first-order valence-electron chi connectivity index (χ1n) is 6.58. The summed E-state index contributed by atoms with van der Waals surface area (Å²) in [6.07, 6.45) is 1.51. The molecule has 0 aliphatic heterocycles. The fourth-order valence-electron chi connectivity index (χ4n) is 1.80. The van der Waals surface area contributed by atoms with Crippen LogP contribution < -0.4 is 14.8 Å². The third kappa shape index (κ3) is 3.48. The number of nitrogens with one attached hydrogen (secondary N) is 1. The van der Waals surface area contributed by atoms with Crippen LogP contribution in [0.4, 0.5) is 0 Å². The average Bonchev–Trinajstić information content (AvgIpc) is 2.88. The Hall–Kier alpha value is -2.08. The lowest BCUT2D eigenvalue weighted by molar-refractivity contribution is 0.271. The van der Waals surface area contributed by atoms with Crippen molar-refractivity contribution in [3.05, 3.63) is 35.9 Å². The molecular weight excluding hydrogens is 256 g/mol. The van der Waals surface area contributed by atoms with Gasteiger partial charge in [-0.25, -0.2) is 4.98 Å². The van der Waals surface area contributed by atoms with Crippen LogP contribution in [0.5, 0.6) is 11.5 Å². The summed E-state index contributed by atoms with van der Waals surface area (Å²) in [4.78, 5) is 4.12. The molecule has 0 saturated heterocycles. The predicted molar refractivity (Wildman–Crippen MR) is 75.7 cm³/mol. The zero-order chi connectivity index (χ0) is 14.4. The van der Waals surface area contributed by atoms with Gasteiger partial charge in [0.05, 0.1) is 7.11 Å². The van der Waals surface area contributed by atoms with E-state index in [0.29, 0.717) is 12.4 Å². The van der Waals surface area contributed by atoms with Crippen molar-refractivity contribution in [1.82, 2.24) is 20.1 Å². The molecule has 2 rings (SSSR count). The Bertz CT molecular complexity index is 554. The van der Waals surface area contributed by atoms with Gasteiger partial charge in [0.1, 0.15) is 12.9 Å². The van der Waals surface area contributed by atoms with Crippen molar-refractivity contribution < 1.29 is 9.47 Å². The first-order chi connectivity index (χ1) is 9.74. The lowest BCUT2D eigenvalue weighted by Crippen LogP contribution is -2.11. The monoisotopic (exact) mass is 276 g/mol. The fourth-order valence-corrected chi connectivity index (χ4v) is 1.80. The minimum Gasteiger partial charge on any atom is -0.493 e. The molecule has 1 N–H and O–H groups in total. The minimum absolute atomic E-state index is 0.361. The van der Waals surface area contributed by atoms with Crippen molar-refractivity contribution in [1.29, 1.82) is 0 Å². The molecular formula is C14H20N4O2. The highest BCUT2D eigenvalue weighted by Gasteiger charge is 2.08. The zero-order valence-corrected chi connectivity index (χ0v) is 12.1. The largest absolute Gasteiger partial charge is 0.493 e. The van der Waals surface area contributed by atoms with Gasteiger partial charge in [-0.05, 0) is 24.2 Å². The molecule has 0 aliphatic carbocycles. The van der Waals surface area contributed by atoms with Crippen LogP contribution in [0.15, 0.2) is 24.5 Å². The molecule has 0 saturated carbocycles. The maximum absolute atomic E-state index is 5.74. The highest BCUT2D eigenvalue weighted by atomic mass is 16.5. The van der Waals surface area contributed by atoms with Gasteiger partial charge >= 0.3 is 0 Å². The number of ether oxygens (including phenoxy) is 2. The molecule has 0 bridgehead atoms. The van der Waals surface area contributed by atoms with Gasteiger partial charge in [-0.3, -0.25) is 4.68 Å². The third-order valence-electron chi connectivity index (χ3n) is 2.97. The van der Waals surface area contributed by atoms with Crippen LogP contribution in [0.2, 0.25) is 0 Å². The molecule has 1 aromatic heterocycles. The van der Waals surface area contributed by atoms with Gasteiger partial charge in [0, 0.05) is 13.6 Å². The Morgan fingerprint density at radius 3 is 2.80 bits per heavy atom. The Labute approximate surface area is 118 Å². The molecule has 6 heteroatoms. The maximum atomic E-state index is 5.74. The van der Waals surface area contributed by atoms with Crippen LogP contribution in [0, 0.1) is 0 Å². The summed E-state index contributed by atoms with van der Waals surface area (Å²) in [6, 6.07) is 5.92. The van der Waals surface area contributed by atoms with E-state index < -0.39 is 0 Å². The van der Waals surface area contributed by atoms with Gasteiger partial charge in [0.2, 0.25) is 0 Å². The van der Waals surface area contributed by atoms with E-state index in [2.05, 4.69) is 22.3 Å². The normalized spacial score (nSPS) is 10.6. The highest BCUT2D eigenvalue weighted by Crippen LogP contribution is 2.28. The second-order valence-corrected chi connectivity index (χ2v) is 4.35. The fraction of sp³-hybridized carbons (Fsp3) is 0.429. The van der Waals surface area contributed by atoms with Crippen LogP contribution in [0.3, 0.4) is 0 Å². The number of benzene rings is 1. The molecule has 6 nitrogen and oxygen atoms in total. The van der Waals surface area contributed by atoms with Crippen molar-refractivity contribution in [3.8, 4) is 11.5 Å². The van der Waals surface area contributed by atoms with E-state index in [1.54, 1.807) is 11.8 Å². The molecule has 1 heterocycles. The van der Waals surface area contributed by atoms with Crippen molar-refractivity contribution in [3.63, 3.8) is 0 Å². The second kappa shape index (κ2) is 6.91. The first-order valence-corrected chi connectivity index (χ1v) is 6.58. The summed E-state index contributed by atoms with van der Waals surface area (Å²) < 4.78 is 12.8. The lowest BCUT2D eigenvalue weighted by Gasteiger charge is -2.12. The number of methoxy groups -OCH3 is 1. The summed E-state index contributed by atoms with van der Waals surface area (Å²) in [6.45, 7) is 4.19. The summed E-state index contributed by atoms with van der Waals surface area (Å²) >= 11 is 0. The summed E-state index contributed by atoms with van der Waals surface area (Å²) in [5.41, 5.74) is 1.16. The molecule has 0 atom stereocenters. The number of aromatic nitrogens is 3. The van der Waals surface area contributed by atoms with Crippen molar-refractivity contribution in [2.45, 2.75) is 20.1 Å². The quantitative estimate of drug-likeness (QED) is 0.830. The smallest absolute Gasteiger partial charge is 0.164 e. The van der Waals surface area contributed by atoms with Gasteiger partial charge in [0.25, 0.3) is 0 Å². The van der Waals surface area contributed by atoms with E-state index in [4.69, 9.17) is 9.47 Å². The molecule has 0 spiro atoms. The van der Waals surface area contributed by atoms with E-state index in [1.165, 1.54) is 6.33 Å². The number of aryl methyl sites for hydroxylation is 1. The molecule has 0 amide bonds. The van der Waals surface area contributed by atoms with E-state index in [0.717, 1.165) is 30.2 Å². The second-order valence-electron chi connectivity index (χ2n) is 4.35. The average molecular weight is 276 g/mol. The maximum Gasteiger partial charge on any atom is 0.164 e. The Balaban J connectivity index is 2.05. The number of rotatable bonds is 7. The van der Waals surface area contributed by atoms with Gasteiger partial charge in [-0.2, -0.15) is 5.10 Å². The van der Waals surface area contributed by atoms with Crippen molar-refractivity contribution in [2.75, 3.05) is 13.7 Å². The molecule has 0 aliphatic rings.